The Kier molecular flexibility index (Phi) is 7.43. The fourth-order valence-electron chi connectivity index (χ4n) is 3.38. The largest absolute Gasteiger partial charge is 0.457 e. The van der Waals surface area contributed by atoms with Crippen LogP contribution in [0.1, 0.15) is 30.9 Å². The highest BCUT2D eigenvalue weighted by Crippen LogP contribution is 2.30. The maximum atomic E-state index is 12.4. The number of aryl methyl sites for hydroxylation is 1. The van der Waals surface area contributed by atoms with Crippen LogP contribution in [0, 0.1) is 6.92 Å². The van der Waals surface area contributed by atoms with E-state index in [1.807, 2.05) is 50.4 Å². The summed E-state index contributed by atoms with van der Waals surface area (Å²) in [5.74, 6) is 1.33. The van der Waals surface area contributed by atoms with Gasteiger partial charge < -0.3 is 25.5 Å². The molecule has 1 aromatic carbocycles. The number of hydrogen-bond donors (Lipinski definition) is 3. The maximum absolute atomic E-state index is 12.4. The second-order valence-electron chi connectivity index (χ2n) is 7.46. The van der Waals surface area contributed by atoms with Gasteiger partial charge >= 0.3 is 0 Å². The highest BCUT2D eigenvalue weighted by atomic mass is 16.5. The van der Waals surface area contributed by atoms with E-state index in [9.17, 15) is 4.79 Å². The maximum Gasteiger partial charge on any atom is 0.237 e. The van der Waals surface area contributed by atoms with E-state index in [-0.39, 0.29) is 11.9 Å². The first-order valence-corrected chi connectivity index (χ1v) is 10.3. The first-order chi connectivity index (χ1) is 14.5. The van der Waals surface area contributed by atoms with Crippen LogP contribution in [-0.2, 0) is 16.0 Å². The number of carbonyl (C=O) groups is 1. The molecular formula is C23H30N4O3. The lowest BCUT2D eigenvalue weighted by Crippen LogP contribution is -2.46. The van der Waals surface area contributed by atoms with Gasteiger partial charge in [-0.2, -0.15) is 0 Å². The Hall–Kier alpha value is -2.90. The van der Waals surface area contributed by atoms with Crippen molar-refractivity contribution in [3.63, 3.8) is 0 Å². The molecule has 0 spiro atoms. The predicted octanol–water partition coefficient (Wildman–Crippen LogP) is 3.46. The molecule has 2 unspecified atom stereocenters. The van der Waals surface area contributed by atoms with Crippen LogP contribution in [0.4, 0.5) is 0 Å². The van der Waals surface area contributed by atoms with Crippen LogP contribution >= 0.6 is 0 Å². The molecule has 0 saturated heterocycles. The number of benzene rings is 1. The zero-order chi connectivity index (χ0) is 21.5. The van der Waals surface area contributed by atoms with E-state index >= 15 is 0 Å². The van der Waals surface area contributed by atoms with Gasteiger partial charge in [-0.15, -0.1) is 0 Å². The fraction of sp³-hybridized carbons (Fsp3) is 0.391. The molecule has 2 atom stereocenters. The highest BCUT2D eigenvalue weighted by Gasteiger charge is 2.18. The first kappa shape index (κ1) is 21.8. The number of fused-ring (bicyclic) bond motifs is 1. The molecule has 4 N–H and O–H groups in total. The Balaban J connectivity index is 1.60. The van der Waals surface area contributed by atoms with E-state index in [0.717, 1.165) is 46.5 Å². The third-order valence-electron chi connectivity index (χ3n) is 5.19. The molecule has 0 saturated carbocycles. The molecule has 160 valence electrons. The molecule has 30 heavy (non-hydrogen) atoms. The molecule has 0 bridgehead atoms. The minimum absolute atomic E-state index is 0.0772. The quantitative estimate of drug-likeness (QED) is 0.475. The summed E-state index contributed by atoms with van der Waals surface area (Å²) in [5.41, 5.74) is 8.99. The lowest BCUT2D eigenvalue weighted by atomic mass is 10.0. The van der Waals surface area contributed by atoms with Crippen molar-refractivity contribution in [2.75, 3.05) is 13.7 Å². The van der Waals surface area contributed by atoms with Crippen molar-refractivity contribution < 1.29 is 14.3 Å². The van der Waals surface area contributed by atoms with Crippen LogP contribution in [0.25, 0.3) is 11.0 Å². The fourth-order valence-corrected chi connectivity index (χ4v) is 3.38. The van der Waals surface area contributed by atoms with Gasteiger partial charge in [-0.25, -0.2) is 4.98 Å². The van der Waals surface area contributed by atoms with Crippen molar-refractivity contribution in [3.05, 3.63) is 53.9 Å². The first-order valence-electron chi connectivity index (χ1n) is 10.3. The van der Waals surface area contributed by atoms with Gasteiger partial charge in [0.1, 0.15) is 17.1 Å². The Morgan fingerprint density at radius 2 is 2.03 bits per heavy atom. The number of amides is 1. The second-order valence-corrected chi connectivity index (χ2v) is 7.46. The molecule has 7 heteroatoms. The van der Waals surface area contributed by atoms with Crippen LogP contribution in [0.2, 0.25) is 0 Å². The second kappa shape index (κ2) is 10.2. The number of rotatable bonds is 10. The van der Waals surface area contributed by atoms with Crippen molar-refractivity contribution in [1.82, 2.24) is 15.3 Å². The Bertz CT molecular complexity index is 968. The van der Waals surface area contributed by atoms with Gasteiger partial charge in [0.2, 0.25) is 5.91 Å². The lowest BCUT2D eigenvalue weighted by molar-refractivity contribution is -0.123. The van der Waals surface area contributed by atoms with Gasteiger partial charge in [0.15, 0.2) is 0 Å². The van der Waals surface area contributed by atoms with Crippen LogP contribution in [0.3, 0.4) is 0 Å². The number of methoxy groups -OCH3 is 1. The summed E-state index contributed by atoms with van der Waals surface area (Å²) in [6.07, 6.45) is 5.72. The molecule has 1 amide bonds. The average molecular weight is 411 g/mol. The van der Waals surface area contributed by atoms with E-state index in [1.54, 1.807) is 13.3 Å². The number of nitrogens with zero attached hydrogens (tertiary/aromatic N) is 1. The van der Waals surface area contributed by atoms with Crippen molar-refractivity contribution >= 4 is 16.9 Å². The molecule has 2 heterocycles. The van der Waals surface area contributed by atoms with Crippen LogP contribution < -0.4 is 15.8 Å². The molecule has 3 rings (SSSR count). The molecule has 7 nitrogen and oxygen atoms in total. The molecule has 0 radical (unpaired) electrons. The Morgan fingerprint density at radius 1 is 1.27 bits per heavy atom. The minimum atomic E-state index is -0.601. The van der Waals surface area contributed by atoms with Gasteiger partial charge in [0.05, 0.1) is 11.4 Å². The third kappa shape index (κ3) is 5.37. The minimum Gasteiger partial charge on any atom is -0.457 e. The van der Waals surface area contributed by atoms with Crippen molar-refractivity contribution in [2.45, 2.75) is 45.2 Å². The molecule has 3 aromatic rings. The summed E-state index contributed by atoms with van der Waals surface area (Å²) in [5, 5.41) is 3.98. The number of nitrogens with one attached hydrogen (secondary N) is 2. The summed E-state index contributed by atoms with van der Waals surface area (Å²) in [6.45, 7) is 4.67. The van der Waals surface area contributed by atoms with Crippen LogP contribution in [-0.4, -0.2) is 41.7 Å². The summed E-state index contributed by atoms with van der Waals surface area (Å²) >= 11 is 0. The van der Waals surface area contributed by atoms with Crippen molar-refractivity contribution in [3.8, 4) is 11.5 Å². The molecule has 0 aliphatic heterocycles. The number of pyridine rings is 1. The van der Waals surface area contributed by atoms with E-state index in [2.05, 4.69) is 15.3 Å². The van der Waals surface area contributed by atoms with Gasteiger partial charge in [-0.05, 0) is 55.5 Å². The van der Waals surface area contributed by atoms with E-state index < -0.39 is 6.04 Å². The summed E-state index contributed by atoms with van der Waals surface area (Å²) < 4.78 is 11.2. The van der Waals surface area contributed by atoms with Gasteiger partial charge in [0.25, 0.3) is 0 Å². The average Bonchev–Trinajstić information content (AvgIpc) is 3.14. The van der Waals surface area contributed by atoms with Crippen molar-refractivity contribution in [2.24, 2.45) is 5.73 Å². The zero-order valence-electron chi connectivity index (χ0n) is 17.8. The molecule has 0 fully saturated rings. The smallest absolute Gasteiger partial charge is 0.237 e. The SMILES string of the molecule is CCC(CCOC)NC(=O)C(N)Cc1ccc(Oc2ccnc3[nH]cc(C)c23)cc1. The number of aromatic nitrogens is 2. The van der Waals surface area contributed by atoms with Crippen LogP contribution in [0.15, 0.2) is 42.7 Å². The lowest BCUT2D eigenvalue weighted by Gasteiger charge is -2.19. The van der Waals surface area contributed by atoms with Gasteiger partial charge in [-0.1, -0.05) is 19.1 Å². The summed E-state index contributed by atoms with van der Waals surface area (Å²) in [7, 11) is 1.66. The normalized spacial score (nSPS) is 13.2. The van der Waals surface area contributed by atoms with E-state index in [0.29, 0.717) is 13.0 Å². The molecule has 0 aliphatic carbocycles. The van der Waals surface area contributed by atoms with Gasteiger partial charge in [-0.3, -0.25) is 4.79 Å². The number of H-pyrrole nitrogens is 1. The van der Waals surface area contributed by atoms with E-state index in [1.165, 1.54) is 0 Å². The Labute approximate surface area is 177 Å². The number of hydrogen-bond acceptors (Lipinski definition) is 5. The Morgan fingerprint density at radius 3 is 2.73 bits per heavy atom. The van der Waals surface area contributed by atoms with E-state index in [4.69, 9.17) is 15.2 Å². The van der Waals surface area contributed by atoms with Gasteiger partial charge in [0, 0.05) is 32.2 Å². The highest BCUT2D eigenvalue weighted by molar-refractivity contribution is 5.86. The third-order valence-corrected chi connectivity index (χ3v) is 5.19. The number of nitrogens with two attached hydrogens (primary N) is 1. The molecule has 2 aromatic heterocycles. The standard InChI is InChI=1S/C23H30N4O3/c1-4-17(10-12-29-3)27-23(28)19(24)13-16-5-7-18(8-6-16)30-20-9-11-25-22-21(20)15(2)14-26-22/h5-9,11,14,17,19H,4,10,12-13,24H2,1-3H3,(H,25,26)(H,27,28). The molecule has 0 aliphatic rings. The van der Waals surface area contributed by atoms with Crippen molar-refractivity contribution in [1.29, 1.82) is 0 Å². The van der Waals surface area contributed by atoms with Crippen LogP contribution in [0.5, 0.6) is 11.5 Å². The summed E-state index contributed by atoms with van der Waals surface area (Å²) in [4.78, 5) is 19.9. The predicted molar refractivity (Wildman–Crippen MR) is 118 cm³/mol. The topological polar surface area (TPSA) is 102 Å². The number of carbonyl (C=O) groups excluding carboxylic acids is 1. The zero-order valence-corrected chi connectivity index (χ0v) is 17.8. The number of aromatic amines is 1. The number of ether oxygens (including phenoxy) is 2. The molecular weight excluding hydrogens is 380 g/mol. The monoisotopic (exact) mass is 410 g/mol. The summed E-state index contributed by atoms with van der Waals surface area (Å²) in [6, 6.07) is 8.98.